The smallest absolute Gasteiger partial charge is 0.131 e. The minimum atomic E-state index is -0.148. The van der Waals surface area contributed by atoms with Gasteiger partial charge in [-0.05, 0) is 42.1 Å². The SMILES string of the molecule is CCCNCc1ccc(-c2ccc(CC)cc2)c(F)c1. The van der Waals surface area contributed by atoms with Crippen molar-refractivity contribution >= 4 is 0 Å². The highest BCUT2D eigenvalue weighted by atomic mass is 19.1. The van der Waals surface area contributed by atoms with Gasteiger partial charge in [-0.1, -0.05) is 50.2 Å². The first-order chi connectivity index (χ1) is 9.74. The molecule has 0 aliphatic heterocycles. The Kier molecular flexibility index (Phi) is 5.31. The van der Waals surface area contributed by atoms with Gasteiger partial charge in [0.15, 0.2) is 0 Å². The molecule has 0 aromatic heterocycles. The lowest BCUT2D eigenvalue weighted by molar-refractivity contribution is 0.622. The molecule has 2 rings (SSSR count). The summed E-state index contributed by atoms with van der Waals surface area (Å²) in [5.74, 6) is -0.148. The number of aryl methyl sites for hydroxylation is 1. The van der Waals surface area contributed by atoms with Gasteiger partial charge in [0.1, 0.15) is 5.82 Å². The lowest BCUT2D eigenvalue weighted by atomic mass is 10.0. The summed E-state index contributed by atoms with van der Waals surface area (Å²) < 4.78 is 14.2. The topological polar surface area (TPSA) is 12.0 Å². The highest BCUT2D eigenvalue weighted by Crippen LogP contribution is 2.24. The number of nitrogens with one attached hydrogen (secondary N) is 1. The Morgan fingerprint density at radius 1 is 0.950 bits per heavy atom. The van der Waals surface area contributed by atoms with Crippen molar-refractivity contribution in [3.05, 3.63) is 59.4 Å². The third kappa shape index (κ3) is 3.67. The normalized spacial score (nSPS) is 10.8. The van der Waals surface area contributed by atoms with Crippen LogP contribution in [0.4, 0.5) is 4.39 Å². The molecule has 20 heavy (non-hydrogen) atoms. The minimum absolute atomic E-state index is 0.148. The third-order valence-corrected chi connectivity index (χ3v) is 3.46. The molecule has 0 spiro atoms. The number of halogens is 1. The van der Waals surface area contributed by atoms with Crippen molar-refractivity contribution in [2.75, 3.05) is 6.54 Å². The van der Waals surface area contributed by atoms with Crippen LogP contribution in [0.15, 0.2) is 42.5 Å². The van der Waals surface area contributed by atoms with Crippen LogP contribution >= 0.6 is 0 Å². The molecule has 0 unspecified atom stereocenters. The molecule has 0 heterocycles. The monoisotopic (exact) mass is 271 g/mol. The standard InChI is InChI=1S/C18H22FN/c1-3-11-20-13-15-7-10-17(18(19)12-15)16-8-5-14(4-2)6-9-16/h5-10,12,20H,3-4,11,13H2,1-2H3. The van der Waals surface area contributed by atoms with Gasteiger partial charge >= 0.3 is 0 Å². The molecule has 2 aromatic carbocycles. The number of benzene rings is 2. The number of hydrogen-bond acceptors (Lipinski definition) is 1. The maximum atomic E-state index is 14.2. The van der Waals surface area contributed by atoms with E-state index in [1.165, 1.54) is 5.56 Å². The summed E-state index contributed by atoms with van der Waals surface area (Å²) in [7, 11) is 0. The molecule has 2 heteroatoms. The summed E-state index contributed by atoms with van der Waals surface area (Å²) in [5.41, 5.74) is 3.87. The largest absolute Gasteiger partial charge is 0.313 e. The van der Waals surface area contributed by atoms with Crippen molar-refractivity contribution in [2.24, 2.45) is 0 Å². The van der Waals surface area contributed by atoms with E-state index in [-0.39, 0.29) is 5.82 Å². The third-order valence-electron chi connectivity index (χ3n) is 3.46. The lowest BCUT2D eigenvalue weighted by Gasteiger charge is -2.08. The van der Waals surface area contributed by atoms with Crippen LogP contribution in [0.25, 0.3) is 11.1 Å². The van der Waals surface area contributed by atoms with E-state index in [1.54, 1.807) is 6.07 Å². The molecule has 0 fully saturated rings. The quantitative estimate of drug-likeness (QED) is 0.760. The summed E-state index contributed by atoms with van der Waals surface area (Å²) in [6.07, 6.45) is 2.09. The zero-order valence-electron chi connectivity index (χ0n) is 12.2. The van der Waals surface area contributed by atoms with Crippen LogP contribution in [0.5, 0.6) is 0 Å². The molecule has 106 valence electrons. The zero-order valence-corrected chi connectivity index (χ0v) is 12.2. The average Bonchev–Trinajstić information content (AvgIpc) is 2.48. The summed E-state index contributed by atoms with van der Waals surface area (Å²) in [6, 6.07) is 13.6. The second-order valence-corrected chi connectivity index (χ2v) is 5.04. The van der Waals surface area contributed by atoms with Crippen molar-refractivity contribution in [1.29, 1.82) is 0 Å². The van der Waals surface area contributed by atoms with E-state index >= 15 is 0 Å². The second kappa shape index (κ2) is 7.20. The Morgan fingerprint density at radius 2 is 1.65 bits per heavy atom. The molecule has 0 amide bonds. The van der Waals surface area contributed by atoms with Crippen LogP contribution in [-0.2, 0) is 13.0 Å². The second-order valence-electron chi connectivity index (χ2n) is 5.04. The van der Waals surface area contributed by atoms with Crippen LogP contribution < -0.4 is 5.32 Å². The molecule has 0 saturated heterocycles. The number of hydrogen-bond donors (Lipinski definition) is 1. The van der Waals surface area contributed by atoms with Crippen LogP contribution in [0.1, 0.15) is 31.4 Å². The molecule has 0 aliphatic carbocycles. The first-order valence-corrected chi connectivity index (χ1v) is 7.33. The first kappa shape index (κ1) is 14.7. The van der Waals surface area contributed by atoms with Gasteiger partial charge in [0.2, 0.25) is 0 Å². The Balaban J connectivity index is 2.15. The molecular weight excluding hydrogens is 249 g/mol. The molecule has 1 nitrogen and oxygen atoms in total. The molecule has 0 bridgehead atoms. The summed E-state index contributed by atoms with van der Waals surface area (Å²) in [5, 5.41) is 3.29. The van der Waals surface area contributed by atoms with Gasteiger partial charge in [0.05, 0.1) is 0 Å². The number of rotatable bonds is 6. The Labute approximate surface area is 120 Å². The van der Waals surface area contributed by atoms with Crippen LogP contribution in [-0.4, -0.2) is 6.54 Å². The molecule has 0 aliphatic rings. The van der Waals surface area contributed by atoms with Gasteiger partial charge in [-0.3, -0.25) is 0 Å². The predicted octanol–water partition coefficient (Wildman–Crippen LogP) is 4.55. The molecule has 0 saturated carbocycles. The molecular formula is C18H22FN. The maximum absolute atomic E-state index is 14.2. The Hall–Kier alpha value is -1.67. The van der Waals surface area contributed by atoms with Gasteiger partial charge in [0.25, 0.3) is 0 Å². The highest BCUT2D eigenvalue weighted by molar-refractivity contribution is 5.64. The fourth-order valence-corrected chi connectivity index (χ4v) is 2.23. The van der Waals surface area contributed by atoms with E-state index in [9.17, 15) is 4.39 Å². The van der Waals surface area contributed by atoms with Crippen molar-refractivity contribution in [3.63, 3.8) is 0 Å². The van der Waals surface area contributed by atoms with Crippen LogP contribution in [0.2, 0.25) is 0 Å². The summed E-state index contributed by atoms with van der Waals surface area (Å²) in [4.78, 5) is 0. The van der Waals surface area contributed by atoms with E-state index < -0.39 is 0 Å². The maximum Gasteiger partial charge on any atom is 0.131 e. The van der Waals surface area contributed by atoms with E-state index in [2.05, 4.69) is 31.3 Å². The molecule has 0 atom stereocenters. The van der Waals surface area contributed by atoms with E-state index in [0.717, 1.165) is 37.1 Å². The van der Waals surface area contributed by atoms with Crippen molar-refractivity contribution in [3.8, 4) is 11.1 Å². The van der Waals surface area contributed by atoms with Gasteiger partial charge in [-0.25, -0.2) is 4.39 Å². The Morgan fingerprint density at radius 3 is 2.25 bits per heavy atom. The van der Waals surface area contributed by atoms with Crippen LogP contribution in [0.3, 0.4) is 0 Å². The van der Waals surface area contributed by atoms with Gasteiger partial charge < -0.3 is 5.32 Å². The molecule has 2 aromatic rings. The van der Waals surface area contributed by atoms with E-state index in [0.29, 0.717) is 5.56 Å². The minimum Gasteiger partial charge on any atom is -0.313 e. The van der Waals surface area contributed by atoms with Crippen molar-refractivity contribution < 1.29 is 4.39 Å². The molecule has 0 radical (unpaired) electrons. The van der Waals surface area contributed by atoms with E-state index in [1.807, 2.05) is 24.3 Å². The molecule has 1 N–H and O–H groups in total. The van der Waals surface area contributed by atoms with E-state index in [4.69, 9.17) is 0 Å². The van der Waals surface area contributed by atoms with Gasteiger partial charge in [-0.2, -0.15) is 0 Å². The lowest BCUT2D eigenvalue weighted by Crippen LogP contribution is -2.13. The summed E-state index contributed by atoms with van der Waals surface area (Å²) in [6.45, 7) is 5.92. The summed E-state index contributed by atoms with van der Waals surface area (Å²) >= 11 is 0. The fourth-order valence-electron chi connectivity index (χ4n) is 2.23. The first-order valence-electron chi connectivity index (χ1n) is 7.33. The predicted molar refractivity (Wildman–Crippen MR) is 83.2 cm³/mol. The zero-order chi connectivity index (χ0) is 14.4. The average molecular weight is 271 g/mol. The van der Waals surface area contributed by atoms with Gasteiger partial charge in [0, 0.05) is 12.1 Å². The highest BCUT2D eigenvalue weighted by Gasteiger charge is 2.06. The fraction of sp³-hybridized carbons (Fsp3) is 0.333. The van der Waals surface area contributed by atoms with Crippen molar-refractivity contribution in [2.45, 2.75) is 33.2 Å². The van der Waals surface area contributed by atoms with Crippen LogP contribution in [0, 0.1) is 5.82 Å². The van der Waals surface area contributed by atoms with Gasteiger partial charge in [-0.15, -0.1) is 0 Å². The Bertz CT molecular complexity index is 546. The van der Waals surface area contributed by atoms with Crippen molar-refractivity contribution in [1.82, 2.24) is 5.32 Å².